The Kier molecular flexibility index (Phi) is 41.8. The summed E-state index contributed by atoms with van der Waals surface area (Å²) in [6, 6.07) is 0. The molecule has 1 atom stereocenters. The van der Waals surface area contributed by atoms with Crippen molar-refractivity contribution >= 4 is 17.9 Å². The number of ether oxygens (including phenoxy) is 3. The van der Waals surface area contributed by atoms with Crippen molar-refractivity contribution in [3.05, 3.63) is 0 Å². The molecular weight excluding hydrogens is 697 g/mol. The quantitative estimate of drug-likeness (QED) is 0.0347. The lowest BCUT2D eigenvalue weighted by atomic mass is 10.0. The zero-order valence-electron chi connectivity index (χ0n) is 38.3. The van der Waals surface area contributed by atoms with Crippen molar-refractivity contribution in [1.29, 1.82) is 0 Å². The zero-order chi connectivity index (χ0) is 41.2. The molecule has 0 unspecified atom stereocenters. The van der Waals surface area contributed by atoms with Crippen molar-refractivity contribution in [2.75, 3.05) is 13.2 Å². The number of carbonyl (C=O) groups excluding carboxylic acids is 3. The van der Waals surface area contributed by atoms with E-state index in [1.54, 1.807) is 0 Å². The van der Waals surface area contributed by atoms with Crippen LogP contribution in [0.3, 0.4) is 0 Å². The molecule has 332 valence electrons. The standard InChI is InChI=1S/C50H96O6/c1-6-7-8-9-10-11-16-20-25-30-35-40-48(51)54-43-47(44-55-49(52)41-36-31-27-22-24-29-34-39-46(4)5)56-50(53)42-37-32-26-21-18-15-13-12-14-17-19-23-28-33-38-45(2)3/h45-47H,6-44H2,1-5H3/t47-/m0/s1. The molecule has 0 aliphatic heterocycles. The van der Waals surface area contributed by atoms with E-state index in [-0.39, 0.29) is 31.1 Å². The van der Waals surface area contributed by atoms with Crippen LogP contribution in [0.1, 0.15) is 272 Å². The molecule has 0 saturated heterocycles. The van der Waals surface area contributed by atoms with Gasteiger partial charge in [-0.05, 0) is 31.1 Å². The summed E-state index contributed by atoms with van der Waals surface area (Å²) in [6.07, 6.45) is 42.4. The molecule has 0 aliphatic carbocycles. The van der Waals surface area contributed by atoms with Crippen LogP contribution in [0, 0.1) is 11.8 Å². The number of esters is 3. The molecule has 0 aromatic carbocycles. The predicted octanol–water partition coefficient (Wildman–Crippen LogP) is 15.8. The molecule has 0 aliphatic rings. The van der Waals surface area contributed by atoms with Gasteiger partial charge in [0.1, 0.15) is 13.2 Å². The Morgan fingerprint density at radius 1 is 0.339 bits per heavy atom. The van der Waals surface area contributed by atoms with Gasteiger partial charge in [-0.25, -0.2) is 0 Å². The molecule has 0 bridgehead atoms. The third-order valence-electron chi connectivity index (χ3n) is 11.2. The van der Waals surface area contributed by atoms with Crippen molar-refractivity contribution in [2.45, 2.75) is 278 Å². The van der Waals surface area contributed by atoms with Crippen LogP contribution in [0.4, 0.5) is 0 Å². The summed E-state index contributed by atoms with van der Waals surface area (Å²) in [7, 11) is 0. The number of unbranched alkanes of at least 4 members (excludes halogenated alkanes) is 29. The Morgan fingerprint density at radius 3 is 0.875 bits per heavy atom. The third-order valence-corrected chi connectivity index (χ3v) is 11.2. The van der Waals surface area contributed by atoms with Crippen LogP contribution in [-0.2, 0) is 28.6 Å². The summed E-state index contributed by atoms with van der Waals surface area (Å²) in [5.74, 6) is 0.771. The van der Waals surface area contributed by atoms with Crippen LogP contribution in [0.5, 0.6) is 0 Å². The minimum Gasteiger partial charge on any atom is -0.462 e. The number of hydrogen-bond acceptors (Lipinski definition) is 6. The molecule has 0 heterocycles. The van der Waals surface area contributed by atoms with Gasteiger partial charge in [0.05, 0.1) is 0 Å². The lowest BCUT2D eigenvalue weighted by Gasteiger charge is -2.18. The van der Waals surface area contributed by atoms with Crippen LogP contribution >= 0.6 is 0 Å². The summed E-state index contributed by atoms with van der Waals surface area (Å²) < 4.78 is 16.8. The second-order valence-corrected chi connectivity index (χ2v) is 18.1. The minimum absolute atomic E-state index is 0.0645. The van der Waals surface area contributed by atoms with E-state index in [1.807, 2.05) is 0 Å². The van der Waals surface area contributed by atoms with Gasteiger partial charge in [-0.15, -0.1) is 0 Å². The molecule has 0 fully saturated rings. The fourth-order valence-corrected chi connectivity index (χ4v) is 7.46. The van der Waals surface area contributed by atoms with E-state index in [2.05, 4.69) is 34.6 Å². The zero-order valence-corrected chi connectivity index (χ0v) is 38.3. The summed E-state index contributed by atoms with van der Waals surface area (Å²) in [5.41, 5.74) is 0. The van der Waals surface area contributed by atoms with E-state index < -0.39 is 6.10 Å². The maximum absolute atomic E-state index is 12.8. The van der Waals surface area contributed by atoms with Crippen molar-refractivity contribution < 1.29 is 28.6 Å². The van der Waals surface area contributed by atoms with Gasteiger partial charge in [0.15, 0.2) is 6.10 Å². The fraction of sp³-hybridized carbons (Fsp3) is 0.940. The van der Waals surface area contributed by atoms with E-state index in [1.165, 1.54) is 161 Å². The average molecular weight is 793 g/mol. The Bertz CT molecular complexity index is 854. The summed E-state index contributed by atoms with van der Waals surface area (Å²) in [6.45, 7) is 11.3. The summed E-state index contributed by atoms with van der Waals surface area (Å²) >= 11 is 0. The molecule has 0 radical (unpaired) electrons. The van der Waals surface area contributed by atoms with Gasteiger partial charge in [-0.1, -0.05) is 234 Å². The topological polar surface area (TPSA) is 78.9 Å². The van der Waals surface area contributed by atoms with Crippen LogP contribution < -0.4 is 0 Å². The van der Waals surface area contributed by atoms with Crippen LogP contribution in [0.2, 0.25) is 0 Å². The summed E-state index contributed by atoms with van der Waals surface area (Å²) in [5, 5.41) is 0. The number of carbonyl (C=O) groups is 3. The van der Waals surface area contributed by atoms with Gasteiger partial charge in [0, 0.05) is 19.3 Å². The van der Waals surface area contributed by atoms with E-state index >= 15 is 0 Å². The number of rotatable bonds is 44. The highest BCUT2D eigenvalue weighted by Crippen LogP contribution is 2.17. The Hall–Kier alpha value is -1.59. The molecule has 0 amide bonds. The largest absolute Gasteiger partial charge is 0.462 e. The first-order valence-electron chi connectivity index (χ1n) is 24.7. The lowest BCUT2D eigenvalue weighted by molar-refractivity contribution is -0.167. The highest BCUT2D eigenvalue weighted by atomic mass is 16.6. The SMILES string of the molecule is CCCCCCCCCCCCCC(=O)OC[C@@H](COC(=O)CCCCCCCCCC(C)C)OC(=O)CCCCCCCCCCCCCCCCC(C)C. The normalized spacial score (nSPS) is 12.1. The molecule has 0 aromatic heterocycles. The van der Waals surface area contributed by atoms with Crippen LogP contribution in [-0.4, -0.2) is 37.2 Å². The van der Waals surface area contributed by atoms with Gasteiger partial charge in [-0.3, -0.25) is 14.4 Å². The highest BCUT2D eigenvalue weighted by molar-refractivity contribution is 5.71. The predicted molar refractivity (Wildman–Crippen MR) is 238 cm³/mol. The van der Waals surface area contributed by atoms with Crippen molar-refractivity contribution in [2.24, 2.45) is 11.8 Å². The molecule has 0 aromatic rings. The molecule has 6 heteroatoms. The van der Waals surface area contributed by atoms with E-state index in [0.29, 0.717) is 19.3 Å². The van der Waals surface area contributed by atoms with Gasteiger partial charge in [-0.2, -0.15) is 0 Å². The van der Waals surface area contributed by atoms with Crippen molar-refractivity contribution in [1.82, 2.24) is 0 Å². The Labute approximate surface area is 348 Å². The maximum Gasteiger partial charge on any atom is 0.306 e. The van der Waals surface area contributed by atoms with Gasteiger partial charge < -0.3 is 14.2 Å². The molecule has 0 saturated carbocycles. The molecule has 0 N–H and O–H groups in total. The molecule has 6 nitrogen and oxygen atoms in total. The van der Waals surface area contributed by atoms with Crippen LogP contribution in [0.25, 0.3) is 0 Å². The monoisotopic (exact) mass is 793 g/mol. The lowest BCUT2D eigenvalue weighted by Crippen LogP contribution is -2.30. The molecule has 0 rings (SSSR count). The van der Waals surface area contributed by atoms with Crippen molar-refractivity contribution in [3.63, 3.8) is 0 Å². The smallest absolute Gasteiger partial charge is 0.306 e. The first-order chi connectivity index (χ1) is 27.2. The second-order valence-electron chi connectivity index (χ2n) is 18.1. The van der Waals surface area contributed by atoms with Gasteiger partial charge in [0.2, 0.25) is 0 Å². The second kappa shape index (κ2) is 43.0. The molecule has 56 heavy (non-hydrogen) atoms. The third kappa shape index (κ3) is 43.5. The highest BCUT2D eigenvalue weighted by Gasteiger charge is 2.19. The van der Waals surface area contributed by atoms with Crippen molar-refractivity contribution in [3.8, 4) is 0 Å². The summed E-state index contributed by atoms with van der Waals surface area (Å²) in [4.78, 5) is 37.8. The van der Waals surface area contributed by atoms with Gasteiger partial charge >= 0.3 is 17.9 Å². The minimum atomic E-state index is -0.761. The fourth-order valence-electron chi connectivity index (χ4n) is 7.46. The number of hydrogen-bond donors (Lipinski definition) is 0. The molecule has 0 spiro atoms. The van der Waals surface area contributed by atoms with Gasteiger partial charge in [0.25, 0.3) is 0 Å². The first kappa shape index (κ1) is 54.4. The Morgan fingerprint density at radius 2 is 0.589 bits per heavy atom. The first-order valence-corrected chi connectivity index (χ1v) is 24.7. The van der Waals surface area contributed by atoms with E-state index in [4.69, 9.17) is 14.2 Å². The maximum atomic E-state index is 12.8. The van der Waals surface area contributed by atoms with E-state index in [9.17, 15) is 14.4 Å². The molecular formula is C50H96O6. The van der Waals surface area contributed by atoms with E-state index in [0.717, 1.165) is 69.6 Å². The van der Waals surface area contributed by atoms with Crippen LogP contribution in [0.15, 0.2) is 0 Å². The Balaban J connectivity index is 4.28. The average Bonchev–Trinajstić information content (AvgIpc) is 3.16.